The van der Waals surface area contributed by atoms with Crippen molar-refractivity contribution in [1.29, 1.82) is 0 Å². The van der Waals surface area contributed by atoms with Gasteiger partial charge in [0.25, 0.3) is 0 Å². The van der Waals surface area contributed by atoms with Gasteiger partial charge in [0.15, 0.2) is 0 Å². The SMILES string of the molecule is C1CCCCC2(CCCC1)CCC2. The Morgan fingerprint density at radius 1 is 0.385 bits per heavy atom. The van der Waals surface area contributed by atoms with Crippen LogP contribution in [0.25, 0.3) is 0 Å². The van der Waals surface area contributed by atoms with E-state index in [-0.39, 0.29) is 0 Å². The van der Waals surface area contributed by atoms with Crippen LogP contribution in [0, 0.1) is 5.41 Å². The topological polar surface area (TPSA) is 0 Å². The van der Waals surface area contributed by atoms with E-state index in [1.54, 1.807) is 25.7 Å². The summed E-state index contributed by atoms with van der Waals surface area (Å²) in [7, 11) is 0. The molecule has 0 radical (unpaired) electrons. The first-order valence-corrected chi connectivity index (χ1v) is 6.41. The molecule has 13 heavy (non-hydrogen) atoms. The lowest BCUT2D eigenvalue weighted by molar-refractivity contribution is 0.0958. The molecule has 0 heteroatoms. The maximum Gasteiger partial charge on any atom is -0.0297 e. The van der Waals surface area contributed by atoms with Crippen LogP contribution in [0.5, 0.6) is 0 Å². The molecule has 0 saturated heterocycles. The summed E-state index contributed by atoms with van der Waals surface area (Å²) >= 11 is 0. The Bertz CT molecular complexity index is 132. The van der Waals surface area contributed by atoms with Crippen LogP contribution < -0.4 is 0 Å². The summed E-state index contributed by atoms with van der Waals surface area (Å²) in [5.74, 6) is 0. The number of hydrogen-bond donors (Lipinski definition) is 0. The van der Waals surface area contributed by atoms with Crippen molar-refractivity contribution in [2.24, 2.45) is 5.41 Å². The summed E-state index contributed by atoms with van der Waals surface area (Å²) in [5.41, 5.74) is 0.858. The Balaban J connectivity index is 1.80. The van der Waals surface area contributed by atoms with E-state index >= 15 is 0 Å². The van der Waals surface area contributed by atoms with Crippen LogP contribution in [0.2, 0.25) is 0 Å². The van der Waals surface area contributed by atoms with Gasteiger partial charge in [-0.2, -0.15) is 0 Å². The Morgan fingerprint density at radius 3 is 1.15 bits per heavy atom. The Hall–Kier alpha value is 0. The molecule has 0 amide bonds. The lowest BCUT2D eigenvalue weighted by atomic mass is 9.63. The van der Waals surface area contributed by atoms with Gasteiger partial charge in [0.2, 0.25) is 0 Å². The van der Waals surface area contributed by atoms with Crippen molar-refractivity contribution in [3.05, 3.63) is 0 Å². The van der Waals surface area contributed by atoms with Gasteiger partial charge in [0, 0.05) is 0 Å². The largest absolute Gasteiger partial charge is 0.0533 e. The Kier molecular flexibility index (Phi) is 3.29. The van der Waals surface area contributed by atoms with Gasteiger partial charge < -0.3 is 0 Å². The van der Waals surface area contributed by atoms with E-state index in [1.807, 2.05) is 0 Å². The third kappa shape index (κ3) is 2.48. The maximum atomic E-state index is 1.56. The average molecular weight is 180 g/mol. The van der Waals surface area contributed by atoms with E-state index < -0.39 is 0 Å². The van der Waals surface area contributed by atoms with Crippen molar-refractivity contribution in [2.45, 2.75) is 77.0 Å². The summed E-state index contributed by atoms with van der Waals surface area (Å²) < 4.78 is 0. The van der Waals surface area contributed by atoms with E-state index in [0.29, 0.717) is 0 Å². The van der Waals surface area contributed by atoms with E-state index in [9.17, 15) is 0 Å². The van der Waals surface area contributed by atoms with E-state index in [0.717, 1.165) is 5.41 Å². The fraction of sp³-hybridized carbons (Fsp3) is 1.00. The van der Waals surface area contributed by atoms with Crippen LogP contribution in [0.15, 0.2) is 0 Å². The fourth-order valence-corrected chi connectivity index (χ4v) is 3.19. The van der Waals surface area contributed by atoms with Gasteiger partial charge in [-0.15, -0.1) is 0 Å². The highest BCUT2D eigenvalue weighted by molar-refractivity contribution is 4.87. The molecule has 0 aromatic carbocycles. The minimum atomic E-state index is 0.858. The van der Waals surface area contributed by atoms with Gasteiger partial charge in [0.1, 0.15) is 0 Å². The van der Waals surface area contributed by atoms with Gasteiger partial charge in [-0.05, 0) is 31.1 Å². The first-order valence-electron chi connectivity index (χ1n) is 6.41. The molecule has 0 aromatic rings. The van der Waals surface area contributed by atoms with Gasteiger partial charge in [0.05, 0.1) is 0 Å². The molecule has 2 rings (SSSR count). The first kappa shape index (κ1) is 9.55. The summed E-state index contributed by atoms with van der Waals surface area (Å²) in [6, 6.07) is 0. The average Bonchev–Trinajstić information content (AvgIpc) is 2.11. The lowest BCUT2D eigenvalue weighted by Crippen LogP contribution is -2.29. The minimum Gasteiger partial charge on any atom is -0.0533 e. The van der Waals surface area contributed by atoms with E-state index in [1.165, 1.54) is 51.4 Å². The molecule has 2 fully saturated rings. The third-order valence-electron chi connectivity index (χ3n) is 4.33. The Morgan fingerprint density at radius 2 is 0.769 bits per heavy atom. The third-order valence-corrected chi connectivity index (χ3v) is 4.33. The number of hydrogen-bond acceptors (Lipinski definition) is 0. The van der Waals surface area contributed by atoms with Gasteiger partial charge in [-0.1, -0.05) is 51.4 Å². The second kappa shape index (κ2) is 4.48. The molecule has 2 saturated carbocycles. The molecule has 0 nitrogen and oxygen atoms in total. The quantitative estimate of drug-likeness (QED) is 0.507. The molecule has 0 aliphatic heterocycles. The molecule has 2 aliphatic carbocycles. The standard InChI is InChI=1S/C13H24/c1-2-4-6-9-13(11-8-12-13)10-7-5-3-1/h1-12H2. The van der Waals surface area contributed by atoms with Gasteiger partial charge in [-0.3, -0.25) is 0 Å². The van der Waals surface area contributed by atoms with Crippen LogP contribution in [0.3, 0.4) is 0 Å². The summed E-state index contributed by atoms with van der Waals surface area (Å²) in [4.78, 5) is 0. The molecular weight excluding hydrogens is 156 g/mol. The molecule has 0 aromatic heterocycles. The summed E-state index contributed by atoms with van der Waals surface area (Å²) in [6.07, 6.45) is 18.4. The molecule has 0 bridgehead atoms. The molecule has 1 spiro atoms. The normalized spacial score (nSPS) is 29.5. The molecule has 0 N–H and O–H groups in total. The molecule has 0 atom stereocenters. The van der Waals surface area contributed by atoms with E-state index in [4.69, 9.17) is 0 Å². The van der Waals surface area contributed by atoms with Crippen LogP contribution in [-0.4, -0.2) is 0 Å². The van der Waals surface area contributed by atoms with Crippen molar-refractivity contribution >= 4 is 0 Å². The monoisotopic (exact) mass is 180 g/mol. The van der Waals surface area contributed by atoms with Crippen LogP contribution in [0.4, 0.5) is 0 Å². The second-order valence-corrected chi connectivity index (χ2v) is 5.33. The summed E-state index contributed by atoms with van der Waals surface area (Å²) in [6.45, 7) is 0. The zero-order valence-electron chi connectivity index (χ0n) is 8.99. The molecule has 2 aliphatic rings. The lowest BCUT2D eigenvalue weighted by Gasteiger charge is -2.43. The van der Waals surface area contributed by atoms with Crippen LogP contribution >= 0.6 is 0 Å². The smallest absolute Gasteiger partial charge is 0.0297 e. The Labute approximate surface area is 83.1 Å². The highest BCUT2D eigenvalue weighted by Crippen LogP contribution is 2.49. The highest BCUT2D eigenvalue weighted by Gasteiger charge is 2.35. The van der Waals surface area contributed by atoms with Gasteiger partial charge in [-0.25, -0.2) is 0 Å². The molecule has 76 valence electrons. The van der Waals surface area contributed by atoms with Crippen molar-refractivity contribution in [3.63, 3.8) is 0 Å². The van der Waals surface area contributed by atoms with Crippen LogP contribution in [0.1, 0.15) is 77.0 Å². The zero-order valence-corrected chi connectivity index (χ0v) is 8.99. The fourth-order valence-electron chi connectivity index (χ4n) is 3.19. The molecule has 0 heterocycles. The van der Waals surface area contributed by atoms with Crippen molar-refractivity contribution in [1.82, 2.24) is 0 Å². The highest BCUT2D eigenvalue weighted by atomic mass is 14.4. The zero-order chi connectivity index (χ0) is 8.99. The van der Waals surface area contributed by atoms with E-state index in [2.05, 4.69) is 0 Å². The summed E-state index contributed by atoms with van der Waals surface area (Å²) in [5, 5.41) is 0. The first-order chi connectivity index (χ1) is 6.41. The number of rotatable bonds is 0. The van der Waals surface area contributed by atoms with Crippen molar-refractivity contribution in [3.8, 4) is 0 Å². The molecule has 0 unspecified atom stereocenters. The van der Waals surface area contributed by atoms with Crippen molar-refractivity contribution in [2.75, 3.05) is 0 Å². The maximum absolute atomic E-state index is 1.56. The minimum absolute atomic E-state index is 0.858. The van der Waals surface area contributed by atoms with Gasteiger partial charge >= 0.3 is 0 Å². The predicted molar refractivity (Wildman–Crippen MR) is 57.8 cm³/mol. The second-order valence-electron chi connectivity index (χ2n) is 5.33. The van der Waals surface area contributed by atoms with Crippen molar-refractivity contribution < 1.29 is 0 Å². The van der Waals surface area contributed by atoms with Crippen LogP contribution in [-0.2, 0) is 0 Å². The predicted octanol–water partition coefficient (Wildman–Crippen LogP) is 4.68. The molecular formula is C13H24.